The van der Waals surface area contributed by atoms with Crippen LogP contribution in [0, 0.1) is 12.8 Å². The Labute approximate surface area is 124 Å². The van der Waals surface area contributed by atoms with Crippen LogP contribution in [0.5, 0.6) is 0 Å². The summed E-state index contributed by atoms with van der Waals surface area (Å²) in [6.45, 7) is 1.91. The van der Waals surface area contributed by atoms with E-state index in [0.717, 1.165) is 18.4 Å². The summed E-state index contributed by atoms with van der Waals surface area (Å²) in [7, 11) is 1.35. The van der Waals surface area contributed by atoms with Crippen LogP contribution in [0.4, 0.5) is 5.69 Å². The van der Waals surface area contributed by atoms with Crippen LogP contribution in [0.1, 0.15) is 35.2 Å². The molecule has 112 valence electrons. The lowest BCUT2D eigenvalue weighted by atomic mass is 9.88. The SMILES string of the molecule is COC(=O)c1ccc(C)c(NC(=O)C2CC3CCC2N3)c1. The van der Waals surface area contributed by atoms with Gasteiger partial charge in [0.25, 0.3) is 0 Å². The number of ether oxygens (including phenoxy) is 1. The third kappa shape index (κ3) is 2.65. The third-order valence-corrected chi connectivity index (χ3v) is 4.55. The van der Waals surface area contributed by atoms with Crippen LogP contribution < -0.4 is 10.6 Å². The van der Waals surface area contributed by atoms with Gasteiger partial charge in [0.1, 0.15) is 0 Å². The van der Waals surface area contributed by atoms with E-state index in [9.17, 15) is 9.59 Å². The summed E-state index contributed by atoms with van der Waals surface area (Å²) in [6.07, 6.45) is 3.15. The molecular weight excluding hydrogens is 268 g/mol. The largest absolute Gasteiger partial charge is 0.465 e. The highest BCUT2D eigenvalue weighted by Gasteiger charge is 2.42. The van der Waals surface area contributed by atoms with Crippen LogP contribution in [0.15, 0.2) is 18.2 Å². The molecule has 2 fully saturated rings. The maximum absolute atomic E-state index is 12.4. The minimum absolute atomic E-state index is 0.0323. The van der Waals surface area contributed by atoms with E-state index in [1.54, 1.807) is 12.1 Å². The smallest absolute Gasteiger partial charge is 0.337 e. The van der Waals surface area contributed by atoms with E-state index in [-0.39, 0.29) is 11.8 Å². The fraction of sp³-hybridized carbons (Fsp3) is 0.500. The number of rotatable bonds is 3. The van der Waals surface area contributed by atoms with Crippen molar-refractivity contribution in [2.75, 3.05) is 12.4 Å². The Morgan fingerprint density at radius 2 is 2.14 bits per heavy atom. The first-order valence-electron chi connectivity index (χ1n) is 7.34. The Hall–Kier alpha value is -1.88. The molecule has 2 heterocycles. The number of esters is 1. The molecule has 0 aliphatic carbocycles. The number of methoxy groups -OCH3 is 1. The average molecular weight is 288 g/mol. The van der Waals surface area contributed by atoms with Crippen molar-refractivity contribution < 1.29 is 14.3 Å². The zero-order chi connectivity index (χ0) is 15.0. The van der Waals surface area contributed by atoms with Gasteiger partial charge in [0.2, 0.25) is 5.91 Å². The molecular formula is C16H20N2O3. The second-order valence-corrected chi connectivity index (χ2v) is 5.90. The monoisotopic (exact) mass is 288 g/mol. The van der Waals surface area contributed by atoms with Gasteiger partial charge >= 0.3 is 5.97 Å². The summed E-state index contributed by atoms with van der Waals surface area (Å²) >= 11 is 0. The molecule has 2 aliphatic rings. The first-order chi connectivity index (χ1) is 10.1. The molecule has 3 unspecified atom stereocenters. The molecule has 1 aromatic rings. The van der Waals surface area contributed by atoms with Crippen molar-refractivity contribution in [2.45, 2.75) is 38.3 Å². The Morgan fingerprint density at radius 3 is 2.76 bits per heavy atom. The highest BCUT2D eigenvalue weighted by atomic mass is 16.5. The van der Waals surface area contributed by atoms with Crippen molar-refractivity contribution >= 4 is 17.6 Å². The van der Waals surface area contributed by atoms with Gasteiger partial charge in [0, 0.05) is 17.8 Å². The minimum Gasteiger partial charge on any atom is -0.465 e. The normalized spacial score (nSPS) is 26.7. The number of carbonyl (C=O) groups is 2. The van der Waals surface area contributed by atoms with Crippen molar-refractivity contribution in [1.29, 1.82) is 0 Å². The van der Waals surface area contributed by atoms with E-state index in [2.05, 4.69) is 10.6 Å². The minimum atomic E-state index is -0.396. The average Bonchev–Trinajstić information content (AvgIpc) is 3.11. The van der Waals surface area contributed by atoms with Crippen LogP contribution >= 0.6 is 0 Å². The van der Waals surface area contributed by atoms with E-state index in [1.807, 2.05) is 13.0 Å². The molecule has 1 aromatic carbocycles. The Bertz CT molecular complexity index is 585. The van der Waals surface area contributed by atoms with Crippen LogP contribution in [-0.4, -0.2) is 31.1 Å². The number of fused-ring (bicyclic) bond motifs is 2. The molecule has 0 spiro atoms. The van der Waals surface area contributed by atoms with Gasteiger partial charge in [-0.05, 0) is 43.9 Å². The Kier molecular flexibility index (Phi) is 3.68. The van der Waals surface area contributed by atoms with Crippen molar-refractivity contribution in [3.05, 3.63) is 29.3 Å². The van der Waals surface area contributed by atoms with Gasteiger partial charge in [-0.1, -0.05) is 6.07 Å². The van der Waals surface area contributed by atoms with E-state index in [0.29, 0.717) is 23.3 Å². The van der Waals surface area contributed by atoms with E-state index >= 15 is 0 Å². The van der Waals surface area contributed by atoms with Crippen molar-refractivity contribution in [1.82, 2.24) is 5.32 Å². The van der Waals surface area contributed by atoms with Gasteiger partial charge < -0.3 is 15.4 Å². The van der Waals surface area contributed by atoms with Gasteiger partial charge in [0.15, 0.2) is 0 Å². The number of hydrogen-bond acceptors (Lipinski definition) is 4. The van der Waals surface area contributed by atoms with Crippen LogP contribution in [-0.2, 0) is 9.53 Å². The van der Waals surface area contributed by atoms with Crippen LogP contribution in [0.25, 0.3) is 0 Å². The van der Waals surface area contributed by atoms with Crippen LogP contribution in [0.3, 0.4) is 0 Å². The van der Waals surface area contributed by atoms with Crippen molar-refractivity contribution in [3.8, 4) is 0 Å². The Balaban J connectivity index is 1.75. The molecule has 0 saturated carbocycles. The molecule has 3 atom stereocenters. The third-order valence-electron chi connectivity index (χ3n) is 4.55. The van der Waals surface area contributed by atoms with Crippen molar-refractivity contribution in [3.63, 3.8) is 0 Å². The zero-order valence-corrected chi connectivity index (χ0v) is 12.3. The molecule has 0 aromatic heterocycles. The van der Waals surface area contributed by atoms with Gasteiger partial charge in [0.05, 0.1) is 18.6 Å². The molecule has 2 N–H and O–H groups in total. The summed E-state index contributed by atoms with van der Waals surface area (Å²) in [4.78, 5) is 24.0. The maximum Gasteiger partial charge on any atom is 0.337 e. The van der Waals surface area contributed by atoms with Gasteiger partial charge in [-0.3, -0.25) is 4.79 Å². The topological polar surface area (TPSA) is 67.4 Å². The molecule has 2 bridgehead atoms. The number of benzene rings is 1. The standard InChI is InChI=1S/C16H20N2O3/c1-9-3-4-10(16(20)21-2)7-14(9)18-15(19)12-8-11-5-6-13(12)17-11/h3-4,7,11-13,17H,5-6,8H2,1-2H3,(H,18,19). The van der Waals surface area contributed by atoms with Gasteiger partial charge in [-0.2, -0.15) is 0 Å². The quantitative estimate of drug-likeness (QED) is 0.833. The zero-order valence-electron chi connectivity index (χ0n) is 12.3. The molecule has 21 heavy (non-hydrogen) atoms. The Morgan fingerprint density at radius 1 is 1.33 bits per heavy atom. The predicted molar refractivity (Wildman–Crippen MR) is 79.2 cm³/mol. The summed E-state index contributed by atoms with van der Waals surface area (Å²) < 4.78 is 4.71. The summed E-state index contributed by atoms with van der Waals surface area (Å²) in [6, 6.07) is 6.00. The number of aryl methyl sites for hydroxylation is 1. The van der Waals surface area contributed by atoms with Crippen molar-refractivity contribution in [2.24, 2.45) is 5.92 Å². The molecule has 5 heteroatoms. The molecule has 1 amide bonds. The van der Waals surface area contributed by atoms with E-state index in [4.69, 9.17) is 4.74 Å². The lowest BCUT2D eigenvalue weighted by Gasteiger charge is -2.20. The van der Waals surface area contributed by atoms with E-state index in [1.165, 1.54) is 13.5 Å². The highest BCUT2D eigenvalue weighted by Crippen LogP contribution is 2.34. The number of carbonyl (C=O) groups excluding carboxylic acids is 2. The summed E-state index contributed by atoms with van der Waals surface area (Å²) in [5, 5.41) is 6.43. The summed E-state index contributed by atoms with van der Waals surface area (Å²) in [5.74, 6) is -0.322. The first-order valence-corrected chi connectivity index (χ1v) is 7.34. The van der Waals surface area contributed by atoms with Gasteiger partial charge in [-0.15, -0.1) is 0 Å². The second kappa shape index (κ2) is 5.48. The lowest BCUT2D eigenvalue weighted by Crippen LogP contribution is -2.33. The second-order valence-electron chi connectivity index (χ2n) is 5.90. The number of hydrogen-bond donors (Lipinski definition) is 2. The predicted octanol–water partition coefficient (Wildman–Crippen LogP) is 1.86. The maximum atomic E-state index is 12.4. The van der Waals surface area contributed by atoms with E-state index < -0.39 is 5.97 Å². The fourth-order valence-corrected chi connectivity index (χ4v) is 3.34. The molecule has 3 rings (SSSR count). The molecule has 2 aliphatic heterocycles. The van der Waals surface area contributed by atoms with Gasteiger partial charge in [-0.25, -0.2) is 4.79 Å². The molecule has 0 radical (unpaired) electrons. The number of nitrogens with one attached hydrogen (secondary N) is 2. The van der Waals surface area contributed by atoms with Crippen LogP contribution in [0.2, 0.25) is 0 Å². The fourth-order valence-electron chi connectivity index (χ4n) is 3.34. The first kappa shape index (κ1) is 14.1. The number of amides is 1. The summed E-state index contributed by atoms with van der Waals surface area (Å²) in [5.41, 5.74) is 2.07. The highest BCUT2D eigenvalue weighted by molar-refractivity contribution is 5.96. The number of anilines is 1. The lowest BCUT2D eigenvalue weighted by molar-refractivity contribution is -0.120. The molecule has 5 nitrogen and oxygen atoms in total. The molecule has 2 saturated heterocycles.